The Morgan fingerprint density at radius 2 is 2.17 bits per heavy atom. The first-order valence-electron chi connectivity index (χ1n) is 9.05. The van der Waals surface area contributed by atoms with E-state index in [9.17, 15) is 4.79 Å². The third-order valence-electron chi connectivity index (χ3n) is 5.13. The lowest BCUT2D eigenvalue weighted by Crippen LogP contribution is -2.45. The number of nitrogens with zero attached hydrogens (tertiary/aromatic N) is 1. The summed E-state index contributed by atoms with van der Waals surface area (Å²) in [4.78, 5) is 14.9. The van der Waals surface area contributed by atoms with Crippen molar-refractivity contribution in [2.75, 3.05) is 32.8 Å². The van der Waals surface area contributed by atoms with E-state index >= 15 is 0 Å². The zero-order valence-corrected chi connectivity index (χ0v) is 14.5. The number of furan rings is 1. The Hall–Kier alpha value is -1.37. The summed E-state index contributed by atoms with van der Waals surface area (Å²) in [5, 5.41) is 3.14. The number of ether oxygens (including phenoxy) is 1. The fourth-order valence-corrected chi connectivity index (χ4v) is 3.74. The monoisotopic (exact) mass is 335 g/mol. The molecule has 1 amide bonds. The van der Waals surface area contributed by atoms with E-state index in [1.165, 1.54) is 0 Å². The highest BCUT2D eigenvalue weighted by molar-refractivity contribution is 5.78. The molecule has 2 fully saturated rings. The van der Waals surface area contributed by atoms with Crippen LogP contribution in [0.15, 0.2) is 16.5 Å². The molecule has 24 heavy (non-hydrogen) atoms. The molecule has 6 heteroatoms. The van der Waals surface area contributed by atoms with Crippen molar-refractivity contribution >= 4 is 5.91 Å². The topological polar surface area (TPSA) is 80.7 Å². The summed E-state index contributed by atoms with van der Waals surface area (Å²) >= 11 is 0. The zero-order valence-electron chi connectivity index (χ0n) is 14.5. The van der Waals surface area contributed by atoms with Crippen LogP contribution < -0.4 is 11.1 Å². The lowest BCUT2D eigenvalue weighted by molar-refractivity contribution is -0.126. The lowest BCUT2D eigenvalue weighted by atomic mass is 9.85. The lowest BCUT2D eigenvalue weighted by Gasteiger charge is -2.34. The molecule has 1 aromatic rings. The van der Waals surface area contributed by atoms with Gasteiger partial charge >= 0.3 is 0 Å². The third kappa shape index (κ3) is 4.37. The van der Waals surface area contributed by atoms with Gasteiger partial charge in [0.25, 0.3) is 0 Å². The van der Waals surface area contributed by atoms with Crippen molar-refractivity contribution in [2.24, 2.45) is 11.7 Å². The van der Waals surface area contributed by atoms with Crippen molar-refractivity contribution in [1.82, 2.24) is 10.2 Å². The number of aryl methyl sites for hydroxylation is 1. The van der Waals surface area contributed by atoms with E-state index in [4.69, 9.17) is 14.9 Å². The summed E-state index contributed by atoms with van der Waals surface area (Å²) in [6.45, 7) is 5.67. The molecule has 3 rings (SSSR count). The van der Waals surface area contributed by atoms with Gasteiger partial charge in [-0.1, -0.05) is 6.42 Å². The Morgan fingerprint density at radius 1 is 1.38 bits per heavy atom. The molecule has 134 valence electrons. The number of nitrogens with one attached hydrogen (secondary N) is 1. The van der Waals surface area contributed by atoms with Crippen LogP contribution in [-0.2, 0) is 9.53 Å². The van der Waals surface area contributed by atoms with Gasteiger partial charge in [0.15, 0.2) is 0 Å². The van der Waals surface area contributed by atoms with Gasteiger partial charge in [-0.15, -0.1) is 0 Å². The first kappa shape index (κ1) is 17.5. The second kappa shape index (κ2) is 8.14. The maximum atomic E-state index is 12.5. The van der Waals surface area contributed by atoms with Gasteiger partial charge in [-0.2, -0.15) is 0 Å². The minimum absolute atomic E-state index is 0.0532. The maximum Gasteiger partial charge on any atom is 0.223 e. The van der Waals surface area contributed by atoms with Gasteiger partial charge in [-0.05, 0) is 38.3 Å². The van der Waals surface area contributed by atoms with Crippen LogP contribution >= 0.6 is 0 Å². The van der Waals surface area contributed by atoms with E-state index < -0.39 is 0 Å². The van der Waals surface area contributed by atoms with Crippen LogP contribution in [0.3, 0.4) is 0 Å². The van der Waals surface area contributed by atoms with E-state index in [0.717, 1.165) is 63.5 Å². The molecule has 6 nitrogen and oxygen atoms in total. The minimum atomic E-state index is 0.0532. The van der Waals surface area contributed by atoms with Crippen LogP contribution in [0, 0.1) is 12.8 Å². The first-order valence-corrected chi connectivity index (χ1v) is 9.05. The van der Waals surface area contributed by atoms with Crippen LogP contribution in [0.5, 0.6) is 0 Å². The Labute approximate surface area is 143 Å². The standard InChI is InChI=1S/C18H29N3O3/c1-13-5-6-17(24-13)16(21-7-9-23-10-8-21)12-20-18(22)14-3-2-4-15(19)11-14/h5-6,14-16H,2-4,7-12,19H2,1H3,(H,20,22). The van der Waals surface area contributed by atoms with Crippen LogP contribution in [-0.4, -0.2) is 49.7 Å². The van der Waals surface area contributed by atoms with Crippen LogP contribution in [0.4, 0.5) is 0 Å². The van der Waals surface area contributed by atoms with Crippen molar-refractivity contribution in [3.05, 3.63) is 23.7 Å². The fourth-order valence-electron chi connectivity index (χ4n) is 3.74. The molecule has 3 unspecified atom stereocenters. The largest absolute Gasteiger partial charge is 0.465 e. The van der Waals surface area contributed by atoms with E-state index in [0.29, 0.717) is 6.54 Å². The van der Waals surface area contributed by atoms with Crippen molar-refractivity contribution in [3.63, 3.8) is 0 Å². The van der Waals surface area contributed by atoms with E-state index in [-0.39, 0.29) is 23.9 Å². The normalized spacial score (nSPS) is 26.9. The highest BCUT2D eigenvalue weighted by Gasteiger charge is 2.29. The zero-order chi connectivity index (χ0) is 16.9. The molecule has 3 N–H and O–H groups in total. The molecule has 1 aromatic heterocycles. The Balaban J connectivity index is 1.62. The summed E-state index contributed by atoms with van der Waals surface area (Å²) in [7, 11) is 0. The number of carbonyl (C=O) groups excluding carboxylic acids is 1. The summed E-state index contributed by atoms with van der Waals surface area (Å²) in [5.41, 5.74) is 6.01. The van der Waals surface area contributed by atoms with Crippen LogP contribution in [0.1, 0.15) is 43.2 Å². The predicted molar refractivity (Wildman–Crippen MR) is 91.5 cm³/mol. The highest BCUT2D eigenvalue weighted by Crippen LogP contribution is 2.25. The van der Waals surface area contributed by atoms with Gasteiger partial charge in [-0.25, -0.2) is 0 Å². The third-order valence-corrected chi connectivity index (χ3v) is 5.13. The first-order chi connectivity index (χ1) is 11.6. The summed E-state index contributed by atoms with van der Waals surface area (Å²) in [5.74, 6) is 1.99. The van der Waals surface area contributed by atoms with Gasteiger partial charge in [0.2, 0.25) is 5.91 Å². The maximum absolute atomic E-state index is 12.5. The minimum Gasteiger partial charge on any atom is -0.465 e. The molecule has 1 aliphatic carbocycles. The van der Waals surface area contributed by atoms with E-state index in [1.807, 2.05) is 19.1 Å². The number of hydrogen-bond donors (Lipinski definition) is 2. The molecule has 2 aliphatic rings. The quantitative estimate of drug-likeness (QED) is 0.854. The van der Waals surface area contributed by atoms with E-state index in [1.54, 1.807) is 0 Å². The Morgan fingerprint density at radius 3 is 2.83 bits per heavy atom. The van der Waals surface area contributed by atoms with Crippen molar-refractivity contribution in [1.29, 1.82) is 0 Å². The second-order valence-electron chi connectivity index (χ2n) is 6.98. The molecule has 1 saturated carbocycles. The molecular weight excluding hydrogens is 306 g/mol. The van der Waals surface area contributed by atoms with Crippen LogP contribution in [0.25, 0.3) is 0 Å². The number of amides is 1. The van der Waals surface area contributed by atoms with Crippen LogP contribution in [0.2, 0.25) is 0 Å². The molecule has 2 heterocycles. The molecule has 0 radical (unpaired) electrons. The Bertz CT molecular complexity index is 539. The predicted octanol–water partition coefficient (Wildman–Crippen LogP) is 1.60. The van der Waals surface area contributed by atoms with E-state index in [2.05, 4.69) is 10.2 Å². The van der Waals surface area contributed by atoms with Crippen molar-refractivity contribution in [3.8, 4) is 0 Å². The average molecular weight is 335 g/mol. The molecule has 0 spiro atoms. The summed E-state index contributed by atoms with van der Waals surface area (Å²) in [6, 6.07) is 4.21. The van der Waals surface area contributed by atoms with Gasteiger partial charge in [-0.3, -0.25) is 9.69 Å². The molecule has 1 aliphatic heterocycles. The molecule has 0 aromatic carbocycles. The number of rotatable bonds is 5. The smallest absolute Gasteiger partial charge is 0.223 e. The number of nitrogens with two attached hydrogens (primary N) is 1. The second-order valence-corrected chi connectivity index (χ2v) is 6.98. The summed E-state index contributed by atoms with van der Waals surface area (Å²) < 4.78 is 11.3. The van der Waals surface area contributed by atoms with Gasteiger partial charge in [0, 0.05) is 31.6 Å². The molecule has 0 bridgehead atoms. The van der Waals surface area contributed by atoms with Crippen molar-refractivity contribution < 1.29 is 13.9 Å². The van der Waals surface area contributed by atoms with Gasteiger partial charge < -0.3 is 20.2 Å². The summed E-state index contributed by atoms with van der Waals surface area (Å²) in [6.07, 6.45) is 3.82. The molecule has 1 saturated heterocycles. The number of hydrogen-bond acceptors (Lipinski definition) is 5. The Kier molecular flexibility index (Phi) is 5.92. The van der Waals surface area contributed by atoms with Gasteiger partial charge in [0.05, 0.1) is 19.3 Å². The molecule has 3 atom stereocenters. The highest BCUT2D eigenvalue weighted by atomic mass is 16.5. The fraction of sp³-hybridized carbons (Fsp3) is 0.722. The molecular formula is C18H29N3O3. The number of carbonyl (C=O) groups is 1. The van der Waals surface area contributed by atoms with Crippen molar-refractivity contribution in [2.45, 2.75) is 44.7 Å². The SMILES string of the molecule is Cc1ccc(C(CNC(=O)C2CCCC(N)C2)N2CCOCC2)o1. The van der Waals surface area contributed by atoms with Gasteiger partial charge in [0.1, 0.15) is 11.5 Å². The average Bonchev–Trinajstić information content (AvgIpc) is 3.02. The number of morpholine rings is 1.